The number of rotatable bonds is 7. The minimum Gasteiger partial charge on any atom is -0.352 e. The summed E-state index contributed by atoms with van der Waals surface area (Å²) in [6.45, 7) is -1.34. The van der Waals surface area contributed by atoms with Crippen LogP contribution in [-0.2, 0) is 15.7 Å². The Morgan fingerprint density at radius 3 is 2.47 bits per heavy atom. The molecule has 32 heavy (non-hydrogen) atoms. The van der Waals surface area contributed by atoms with Gasteiger partial charge in [0.15, 0.2) is 0 Å². The Balaban J connectivity index is 1.91. The number of aromatic amines is 1. The molecule has 0 aliphatic carbocycles. The van der Waals surface area contributed by atoms with Crippen molar-refractivity contribution in [2.75, 3.05) is 13.2 Å². The van der Waals surface area contributed by atoms with Crippen LogP contribution in [0.25, 0.3) is 11.0 Å². The summed E-state index contributed by atoms with van der Waals surface area (Å²) < 4.78 is 79.5. The van der Waals surface area contributed by atoms with E-state index in [2.05, 4.69) is 20.0 Å². The second-order valence-electron chi connectivity index (χ2n) is 6.85. The lowest BCUT2D eigenvalue weighted by molar-refractivity contribution is -0.323. The maximum absolute atomic E-state index is 13.2. The Labute approximate surface area is 177 Å². The van der Waals surface area contributed by atoms with E-state index in [1.165, 1.54) is 12.1 Å². The van der Waals surface area contributed by atoms with Gasteiger partial charge in [-0.1, -0.05) is 30.3 Å². The van der Waals surface area contributed by atoms with Crippen molar-refractivity contribution in [2.24, 2.45) is 5.73 Å². The van der Waals surface area contributed by atoms with Crippen molar-refractivity contribution < 1.29 is 35.9 Å². The fourth-order valence-corrected chi connectivity index (χ4v) is 3.17. The molecule has 12 heteroatoms. The maximum atomic E-state index is 13.2. The molecule has 6 nitrogen and oxygen atoms in total. The second-order valence-corrected chi connectivity index (χ2v) is 6.85. The molecule has 4 N–H and O–H groups in total. The van der Waals surface area contributed by atoms with Gasteiger partial charge in [-0.2, -0.15) is 13.2 Å². The van der Waals surface area contributed by atoms with E-state index in [9.17, 15) is 31.1 Å². The van der Waals surface area contributed by atoms with Crippen LogP contribution in [0.2, 0.25) is 0 Å². The smallest absolute Gasteiger partial charge is 0.352 e. The fourth-order valence-electron chi connectivity index (χ4n) is 3.17. The summed E-state index contributed by atoms with van der Waals surface area (Å²) in [5, 5.41) is 2.20. The average molecular weight is 460 g/mol. The Morgan fingerprint density at radius 1 is 1.09 bits per heavy atom. The number of ether oxygens (including phenoxy) is 1. The van der Waals surface area contributed by atoms with Crippen LogP contribution in [0.1, 0.15) is 22.9 Å². The maximum Gasteiger partial charge on any atom is 0.522 e. The van der Waals surface area contributed by atoms with Crippen LogP contribution in [0.4, 0.5) is 26.3 Å². The van der Waals surface area contributed by atoms with Crippen molar-refractivity contribution in [3.63, 3.8) is 0 Å². The molecule has 3 aromatic rings. The monoisotopic (exact) mass is 460 g/mol. The lowest BCUT2D eigenvalue weighted by Gasteiger charge is -2.23. The molecule has 2 atom stereocenters. The standard InChI is InChI=1S/C20H18F6N4O2/c21-19(22,23)12-5-3-4-11(10-12)15(17-29-13-6-1-2-7-14(13)30-17)16(27)18(31)28-8-9-32-20(24,25)26/h1-7,10,15-16H,8-9,27H2,(H,28,31)(H,29,30). The number of hydrogen-bond donors (Lipinski definition) is 3. The van der Waals surface area contributed by atoms with Crippen molar-refractivity contribution in [1.29, 1.82) is 0 Å². The number of aromatic nitrogens is 2. The van der Waals surface area contributed by atoms with Gasteiger partial charge in [-0.15, -0.1) is 13.2 Å². The third-order valence-electron chi connectivity index (χ3n) is 4.60. The molecule has 2 aromatic carbocycles. The van der Waals surface area contributed by atoms with Crippen LogP contribution in [0, 0.1) is 0 Å². The third-order valence-corrected chi connectivity index (χ3v) is 4.60. The molecule has 1 heterocycles. The van der Waals surface area contributed by atoms with E-state index in [1.54, 1.807) is 24.3 Å². The van der Waals surface area contributed by atoms with E-state index in [1.807, 2.05) is 0 Å². The molecule has 0 bridgehead atoms. The number of nitrogens with two attached hydrogens (primary N) is 1. The number of imidazole rings is 1. The van der Waals surface area contributed by atoms with Gasteiger partial charge in [-0.05, 0) is 23.8 Å². The summed E-state index contributed by atoms with van der Waals surface area (Å²) >= 11 is 0. The molecule has 0 saturated carbocycles. The lowest BCUT2D eigenvalue weighted by Crippen LogP contribution is -2.46. The summed E-state index contributed by atoms with van der Waals surface area (Å²) in [6, 6.07) is 9.61. The first-order valence-corrected chi connectivity index (χ1v) is 9.31. The zero-order chi connectivity index (χ0) is 23.5. The van der Waals surface area contributed by atoms with Crippen molar-refractivity contribution in [1.82, 2.24) is 15.3 Å². The Kier molecular flexibility index (Phi) is 6.74. The predicted octanol–water partition coefficient (Wildman–Crippen LogP) is 3.69. The molecule has 0 aliphatic heterocycles. The van der Waals surface area contributed by atoms with Gasteiger partial charge in [-0.25, -0.2) is 4.98 Å². The van der Waals surface area contributed by atoms with Gasteiger partial charge in [0.2, 0.25) is 5.91 Å². The van der Waals surface area contributed by atoms with Crippen LogP contribution in [0.5, 0.6) is 0 Å². The zero-order valence-electron chi connectivity index (χ0n) is 16.3. The normalized spacial score (nSPS) is 14.3. The topological polar surface area (TPSA) is 93.0 Å². The van der Waals surface area contributed by atoms with E-state index < -0.39 is 49.1 Å². The van der Waals surface area contributed by atoms with E-state index >= 15 is 0 Å². The molecule has 3 rings (SSSR count). The number of halogens is 6. The fraction of sp³-hybridized carbons (Fsp3) is 0.300. The SMILES string of the molecule is NC(C(=O)NCCOC(F)(F)F)C(c1cccc(C(F)(F)F)c1)c1nc2ccccc2[nH]1. The van der Waals surface area contributed by atoms with Gasteiger partial charge >= 0.3 is 12.5 Å². The zero-order valence-corrected chi connectivity index (χ0v) is 16.3. The Hall–Kier alpha value is -3.12. The first-order chi connectivity index (χ1) is 15.0. The summed E-state index contributed by atoms with van der Waals surface area (Å²) in [6.07, 6.45) is -9.49. The highest BCUT2D eigenvalue weighted by Gasteiger charge is 2.35. The number of amides is 1. The van der Waals surface area contributed by atoms with Crippen LogP contribution in [-0.4, -0.2) is 41.4 Å². The van der Waals surface area contributed by atoms with E-state index in [4.69, 9.17) is 5.73 Å². The molecule has 0 radical (unpaired) electrons. The van der Waals surface area contributed by atoms with Gasteiger partial charge in [0.1, 0.15) is 5.82 Å². The molecule has 172 valence electrons. The number of benzene rings is 2. The molecular formula is C20H18F6N4O2. The molecular weight excluding hydrogens is 442 g/mol. The van der Waals surface area contributed by atoms with Crippen LogP contribution in [0.3, 0.4) is 0 Å². The molecule has 2 unspecified atom stereocenters. The number of nitrogens with one attached hydrogen (secondary N) is 2. The van der Waals surface area contributed by atoms with Gasteiger partial charge < -0.3 is 16.0 Å². The highest BCUT2D eigenvalue weighted by Crippen LogP contribution is 2.34. The Bertz CT molecular complexity index is 1050. The second kappa shape index (κ2) is 9.17. The van der Waals surface area contributed by atoms with Crippen molar-refractivity contribution in [3.8, 4) is 0 Å². The number of H-pyrrole nitrogens is 1. The third kappa shape index (κ3) is 5.77. The van der Waals surface area contributed by atoms with Crippen molar-refractivity contribution in [3.05, 3.63) is 65.5 Å². The molecule has 1 amide bonds. The lowest BCUT2D eigenvalue weighted by atomic mass is 9.89. The minimum atomic E-state index is -4.86. The van der Waals surface area contributed by atoms with E-state index in [-0.39, 0.29) is 11.4 Å². The number of fused-ring (bicyclic) bond motifs is 1. The van der Waals surface area contributed by atoms with Crippen molar-refractivity contribution >= 4 is 16.9 Å². The van der Waals surface area contributed by atoms with Crippen molar-refractivity contribution in [2.45, 2.75) is 24.5 Å². The molecule has 1 aromatic heterocycles. The number of nitrogens with zero attached hydrogens (tertiary/aromatic N) is 1. The molecule has 0 aliphatic rings. The van der Waals surface area contributed by atoms with Gasteiger partial charge in [0.25, 0.3) is 0 Å². The number of alkyl halides is 6. The van der Waals surface area contributed by atoms with Crippen LogP contribution in [0.15, 0.2) is 48.5 Å². The Morgan fingerprint density at radius 2 is 1.81 bits per heavy atom. The molecule has 0 saturated heterocycles. The number of para-hydroxylation sites is 2. The highest BCUT2D eigenvalue weighted by atomic mass is 19.4. The molecule has 0 fully saturated rings. The number of hydrogen-bond acceptors (Lipinski definition) is 4. The average Bonchev–Trinajstić information content (AvgIpc) is 3.13. The minimum absolute atomic E-state index is 0.0630. The quantitative estimate of drug-likeness (QED) is 0.370. The summed E-state index contributed by atoms with van der Waals surface area (Å²) in [4.78, 5) is 19.8. The van der Waals surface area contributed by atoms with Gasteiger partial charge in [-0.3, -0.25) is 9.53 Å². The van der Waals surface area contributed by atoms with E-state index in [0.29, 0.717) is 11.0 Å². The summed E-state index contributed by atoms with van der Waals surface area (Å²) in [7, 11) is 0. The van der Waals surface area contributed by atoms with Gasteiger partial charge in [0.05, 0.1) is 35.2 Å². The van der Waals surface area contributed by atoms with Crippen LogP contribution < -0.4 is 11.1 Å². The molecule has 0 spiro atoms. The van der Waals surface area contributed by atoms with E-state index in [0.717, 1.165) is 12.1 Å². The first-order valence-electron chi connectivity index (χ1n) is 9.31. The highest BCUT2D eigenvalue weighted by molar-refractivity contribution is 5.83. The first kappa shape index (κ1) is 23.5. The van der Waals surface area contributed by atoms with Gasteiger partial charge in [0, 0.05) is 6.54 Å². The number of carbonyl (C=O) groups excluding carboxylic acids is 1. The van der Waals surface area contributed by atoms with Crippen LogP contribution >= 0.6 is 0 Å². The summed E-state index contributed by atoms with van der Waals surface area (Å²) in [5.74, 6) is -1.87. The summed E-state index contributed by atoms with van der Waals surface area (Å²) in [5.41, 5.74) is 6.26. The predicted molar refractivity (Wildman–Crippen MR) is 102 cm³/mol. The number of carbonyl (C=O) groups is 1. The largest absolute Gasteiger partial charge is 0.522 e.